The normalized spacial score (nSPS) is 11.1. The van der Waals surface area contributed by atoms with Crippen molar-refractivity contribution in [2.24, 2.45) is 0 Å². The predicted octanol–water partition coefficient (Wildman–Crippen LogP) is 2.49. The van der Waals surface area contributed by atoms with Crippen LogP contribution in [0.4, 0.5) is 11.4 Å². The van der Waals surface area contributed by atoms with Crippen molar-refractivity contribution in [3.63, 3.8) is 0 Å². The lowest BCUT2D eigenvalue weighted by molar-refractivity contribution is -0.384. The molecule has 0 radical (unpaired) electrons. The van der Waals surface area contributed by atoms with Crippen LogP contribution in [-0.2, 0) is 10.0 Å². The van der Waals surface area contributed by atoms with Gasteiger partial charge in [0.25, 0.3) is 15.7 Å². The lowest BCUT2D eigenvalue weighted by Gasteiger charge is -2.08. The second-order valence-corrected chi connectivity index (χ2v) is 6.14. The molecule has 2 rings (SSSR count). The highest BCUT2D eigenvalue weighted by Crippen LogP contribution is 2.28. The summed E-state index contributed by atoms with van der Waals surface area (Å²) < 4.78 is 26.3. The van der Waals surface area contributed by atoms with E-state index in [4.69, 9.17) is 23.2 Å². The standard InChI is InChI=1S/C10H6Cl2N4O4S/c11-8-3-6(16(17)18)1-2-9(8)15-21(19,20)7-4-13-10(12)14-5-7/h1-5,15H. The Morgan fingerprint density at radius 2 is 1.81 bits per heavy atom. The maximum absolute atomic E-state index is 12.1. The molecule has 0 bridgehead atoms. The Labute approximate surface area is 128 Å². The number of benzene rings is 1. The van der Waals surface area contributed by atoms with Crippen LogP contribution in [0.15, 0.2) is 35.5 Å². The van der Waals surface area contributed by atoms with Crippen LogP contribution >= 0.6 is 23.2 Å². The summed E-state index contributed by atoms with van der Waals surface area (Å²) >= 11 is 11.3. The average molecular weight is 349 g/mol. The molecule has 1 aromatic heterocycles. The monoisotopic (exact) mass is 348 g/mol. The van der Waals surface area contributed by atoms with E-state index < -0.39 is 14.9 Å². The number of nitro benzene ring substituents is 1. The number of hydrogen-bond acceptors (Lipinski definition) is 6. The summed E-state index contributed by atoms with van der Waals surface area (Å²) in [6.07, 6.45) is 2.05. The molecule has 0 aliphatic heterocycles. The molecule has 0 amide bonds. The third kappa shape index (κ3) is 3.57. The van der Waals surface area contributed by atoms with Gasteiger partial charge in [-0.1, -0.05) is 11.6 Å². The summed E-state index contributed by atoms with van der Waals surface area (Å²) in [4.78, 5) is 16.8. The fraction of sp³-hybridized carbons (Fsp3) is 0. The first-order valence-corrected chi connectivity index (χ1v) is 7.48. The van der Waals surface area contributed by atoms with Crippen molar-refractivity contribution in [2.45, 2.75) is 4.90 Å². The van der Waals surface area contributed by atoms with Gasteiger partial charge in [0.05, 0.1) is 28.0 Å². The van der Waals surface area contributed by atoms with Crippen molar-refractivity contribution in [2.75, 3.05) is 4.72 Å². The summed E-state index contributed by atoms with van der Waals surface area (Å²) in [7, 11) is -3.97. The number of nitro groups is 1. The van der Waals surface area contributed by atoms with E-state index >= 15 is 0 Å². The van der Waals surface area contributed by atoms with E-state index in [2.05, 4.69) is 14.7 Å². The minimum Gasteiger partial charge on any atom is -0.278 e. The Kier molecular flexibility index (Phi) is 4.26. The number of sulfonamides is 1. The zero-order valence-electron chi connectivity index (χ0n) is 10.0. The molecule has 2 aromatic rings. The van der Waals surface area contributed by atoms with Gasteiger partial charge in [0.1, 0.15) is 4.90 Å². The number of anilines is 1. The molecule has 0 saturated heterocycles. The SMILES string of the molecule is O=[N+]([O-])c1ccc(NS(=O)(=O)c2cnc(Cl)nc2)c(Cl)c1. The molecule has 11 heteroatoms. The molecule has 8 nitrogen and oxygen atoms in total. The molecule has 0 unspecified atom stereocenters. The fourth-order valence-electron chi connectivity index (χ4n) is 1.34. The first kappa shape index (κ1) is 15.4. The van der Waals surface area contributed by atoms with E-state index in [9.17, 15) is 18.5 Å². The van der Waals surface area contributed by atoms with Gasteiger partial charge in [0.2, 0.25) is 5.28 Å². The number of aromatic nitrogens is 2. The Hall–Kier alpha value is -1.97. The van der Waals surface area contributed by atoms with Crippen molar-refractivity contribution in [1.82, 2.24) is 9.97 Å². The van der Waals surface area contributed by atoms with E-state index in [0.29, 0.717) is 0 Å². The summed E-state index contributed by atoms with van der Waals surface area (Å²) in [6, 6.07) is 3.36. The highest BCUT2D eigenvalue weighted by atomic mass is 35.5. The van der Waals surface area contributed by atoms with Crippen molar-refractivity contribution in [3.05, 3.63) is 51.0 Å². The molecular formula is C10H6Cl2N4O4S. The van der Waals surface area contributed by atoms with E-state index in [1.54, 1.807) is 0 Å². The molecule has 0 aliphatic carbocycles. The van der Waals surface area contributed by atoms with Gasteiger partial charge in [0.15, 0.2) is 0 Å². The smallest absolute Gasteiger partial charge is 0.271 e. The lowest BCUT2D eigenvalue weighted by atomic mass is 10.3. The molecule has 0 aliphatic rings. The van der Waals surface area contributed by atoms with Crippen LogP contribution in [0.25, 0.3) is 0 Å². The largest absolute Gasteiger partial charge is 0.278 e. The summed E-state index contributed by atoms with van der Waals surface area (Å²) in [5.41, 5.74) is -0.255. The Morgan fingerprint density at radius 3 is 2.33 bits per heavy atom. The van der Waals surface area contributed by atoms with Crippen molar-refractivity contribution in [1.29, 1.82) is 0 Å². The molecule has 21 heavy (non-hydrogen) atoms. The van der Waals surface area contributed by atoms with Gasteiger partial charge in [-0.3, -0.25) is 14.8 Å². The van der Waals surface area contributed by atoms with Gasteiger partial charge < -0.3 is 0 Å². The topological polar surface area (TPSA) is 115 Å². The Balaban J connectivity index is 2.32. The lowest BCUT2D eigenvalue weighted by Crippen LogP contribution is -2.14. The van der Waals surface area contributed by atoms with Crippen LogP contribution in [0.1, 0.15) is 0 Å². The molecule has 0 spiro atoms. The van der Waals surface area contributed by atoms with Crippen molar-refractivity contribution < 1.29 is 13.3 Å². The van der Waals surface area contributed by atoms with Crippen molar-refractivity contribution >= 4 is 44.6 Å². The van der Waals surface area contributed by atoms with E-state index in [-0.39, 0.29) is 26.6 Å². The minimum atomic E-state index is -3.97. The highest BCUT2D eigenvalue weighted by Gasteiger charge is 2.18. The Bertz CT molecular complexity index is 795. The number of rotatable bonds is 4. The van der Waals surface area contributed by atoms with Crippen LogP contribution in [-0.4, -0.2) is 23.3 Å². The minimum absolute atomic E-state index is 0.00258. The quantitative estimate of drug-likeness (QED) is 0.515. The molecule has 0 fully saturated rings. The van der Waals surface area contributed by atoms with Crippen molar-refractivity contribution in [3.8, 4) is 0 Å². The molecular weight excluding hydrogens is 343 g/mol. The summed E-state index contributed by atoms with van der Waals surface area (Å²) in [5, 5.41) is 10.4. The van der Waals surface area contributed by atoms with Crippen LogP contribution < -0.4 is 4.72 Å². The number of nitrogens with one attached hydrogen (secondary N) is 1. The maximum atomic E-state index is 12.1. The van der Waals surface area contributed by atoms with E-state index in [1.807, 2.05) is 0 Å². The van der Waals surface area contributed by atoms with Gasteiger partial charge >= 0.3 is 0 Å². The molecule has 110 valence electrons. The molecule has 1 N–H and O–H groups in total. The summed E-state index contributed by atoms with van der Waals surface area (Å²) in [5.74, 6) is 0. The number of non-ortho nitro benzene ring substituents is 1. The zero-order valence-corrected chi connectivity index (χ0v) is 12.4. The summed E-state index contributed by atoms with van der Waals surface area (Å²) in [6.45, 7) is 0. The van der Waals surface area contributed by atoms with Crippen LogP contribution in [0, 0.1) is 10.1 Å². The first-order valence-electron chi connectivity index (χ1n) is 5.24. The van der Waals surface area contributed by atoms with Gasteiger partial charge in [-0.2, -0.15) is 0 Å². The van der Waals surface area contributed by atoms with Gasteiger partial charge in [0, 0.05) is 12.1 Å². The highest BCUT2D eigenvalue weighted by molar-refractivity contribution is 7.92. The number of hydrogen-bond donors (Lipinski definition) is 1. The van der Waals surface area contributed by atoms with Gasteiger partial charge in [-0.25, -0.2) is 18.4 Å². The van der Waals surface area contributed by atoms with Crippen LogP contribution in [0.2, 0.25) is 10.3 Å². The molecule has 0 saturated carbocycles. The van der Waals surface area contributed by atoms with E-state index in [0.717, 1.165) is 24.5 Å². The maximum Gasteiger partial charge on any atom is 0.271 e. The molecule has 1 heterocycles. The van der Waals surface area contributed by atoms with Gasteiger partial charge in [-0.05, 0) is 17.7 Å². The third-order valence-corrected chi connectivity index (χ3v) is 4.14. The second-order valence-electron chi connectivity index (χ2n) is 3.71. The van der Waals surface area contributed by atoms with Crippen LogP contribution in [0.3, 0.4) is 0 Å². The number of nitrogens with zero attached hydrogens (tertiary/aromatic N) is 3. The number of halogens is 2. The van der Waals surface area contributed by atoms with Crippen LogP contribution in [0.5, 0.6) is 0 Å². The molecule has 0 atom stereocenters. The molecule has 1 aromatic carbocycles. The predicted molar refractivity (Wildman–Crippen MR) is 76.0 cm³/mol. The second kappa shape index (κ2) is 5.80. The third-order valence-electron chi connectivity index (χ3n) is 2.31. The Morgan fingerprint density at radius 1 is 1.19 bits per heavy atom. The fourth-order valence-corrected chi connectivity index (χ4v) is 2.69. The van der Waals surface area contributed by atoms with E-state index in [1.165, 1.54) is 6.07 Å². The average Bonchev–Trinajstić information content (AvgIpc) is 2.41. The zero-order chi connectivity index (χ0) is 15.6. The van der Waals surface area contributed by atoms with Gasteiger partial charge in [-0.15, -0.1) is 0 Å². The first-order chi connectivity index (χ1) is 9.79.